The highest BCUT2D eigenvalue weighted by Gasteiger charge is 2.51. The van der Waals surface area contributed by atoms with Crippen LogP contribution in [0.5, 0.6) is 0 Å². The SMILES string of the molecule is CC(=O)O[C@@H]1[C@H](OC(C)=O)[C@H](OC(C)=O)CO[C@H]1[n+]1cccc(C(N)=O)c1. The number of nitrogens with zero attached hydrogens (tertiary/aromatic N) is 1. The third-order valence-electron chi connectivity index (χ3n) is 3.72. The number of carbonyl (C=O) groups excluding carboxylic acids is 4. The van der Waals surface area contributed by atoms with Crippen LogP contribution in [0.25, 0.3) is 0 Å². The van der Waals surface area contributed by atoms with Gasteiger partial charge in [-0.2, -0.15) is 4.57 Å². The van der Waals surface area contributed by atoms with Gasteiger partial charge >= 0.3 is 24.1 Å². The molecule has 2 N–H and O–H groups in total. The van der Waals surface area contributed by atoms with Crippen molar-refractivity contribution in [2.24, 2.45) is 5.73 Å². The normalized spacial score (nSPS) is 24.6. The summed E-state index contributed by atoms with van der Waals surface area (Å²) in [5.41, 5.74) is 5.49. The van der Waals surface area contributed by atoms with Crippen LogP contribution >= 0.6 is 0 Å². The van der Waals surface area contributed by atoms with Crippen molar-refractivity contribution in [3.63, 3.8) is 0 Å². The maximum Gasteiger partial charge on any atom is 0.304 e. The summed E-state index contributed by atoms with van der Waals surface area (Å²) in [5, 5.41) is 0. The smallest absolute Gasteiger partial charge is 0.304 e. The molecule has 10 nitrogen and oxygen atoms in total. The van der Waals surface area contributed by atoms with Crippen LogP contribution in [0.3, 0.4) is 0 Å². The zero-order chi connectivity index (χ0) is 20.1. The second-order valence-electron chi connectivity index (χ2n) is 5.92. The Bertz CT molecular complexity index is 750. The summed E-state index contributed by atoms with van der Waals surface area (Å²) >= 11 is 0. The highest BCUT2D eigenvalue weighted by atomic mass is 16.6. The van der Waals surface area contributed by atoms with Gasteiger partial charge in [-0.15, -0.1) is 0 Å². The average Bonchev–Trinajstić information content (AvgIpc) is 2.56. The third kappa shape index (κ3) is 5.23. The van der Waals surface area contributed by atoms with Crippen molar-refractivity contribution >= 4 is 23.8 Å². The van der Waals surface area contributed by atoms with E-state index in [1.165, 1.54) is 37.6 Å². The van der Waals surface area contributed by atoms with E-state index in [9.17, 15) is 19.2 Å². The first kappa shape index (κ1) is 20.3. The Hall–Kier alpha value is -3.01. The van der Waals surface area contributed by atoms with Gasteiger partial charge in [-0.3, -0.25) is 19.2 Å². The molecule has 27 heavy (non-hydrogen) atoms. The van der Waals surface area contributed by atoms with Crippen molar-refractivity contribution in [2.45, 2.75) is 45.3 Å². The molecule has 10 heteroatoms. The van der Waals surface area contributed by atoms with E-state index in [1.807, 2.05) is 0 Å². The van der Waals surface area contributed by atoms with E-state index in [2.05, 4.69) is 0 Å². The van der Waals surface area contributed by atoms with Crippen LogP contribution in [-0.4, -0.2) is 48.7 Å². The quantitative estimate of drug-likeness (QED) is 0.406. The molecule has 4 atom stereocenters. The molecule has 2 heterocycles. The number of amides is 1. The number of rotatable bonds is 5. The van der Waals surface area contributed by atoms with Gasteiger partial charge in [0.2, 0.25) is 6.10 Å². The molecule has 0 aliphatic carbocycles. The molecule has 1 aromatic rings. The van der Waals surface area contributed by atoms with E-state index in [0.29, 0.717) is 0 Å². The number of esters is 3. The standard InChI is InChI=1S/C17H20N2O8/c1-9(20)25-13-8-24-17(19-6-4-5-12(7-19)16(18)23)15(27-11(3)22)14(13)26-10(2)21/h4-7,13-15,17H,8H2,1-3H3,(H-,18,23)/p+1/t13-,14-,15-,17-/m1/s1. The van der Waals surface area contributed by atoms with E-state index >= 15 is 0 Å². The van der Waals surface area contributed by atoms with Crippen molar-refractivity contribution in [1.29, 1.82) is 0 Å². The number of primary amides is 1. The highest BCUT2D eigenvalue weighted by Crippen LogP contribution is 2.27. The number of pyridine rings is 1. The van der Waals surface area contributed by atoms with Crippen LogP contribution < -0.4 is 10.3 Å². The number of carbonyl (C=O) groups is 4. The van der Waals surface area contributed by atoms with Crippen LogP contribution in [0.15, 0.2) is 24.5 Å². The Morgan fingerprint density at radius 2 is 1.63 bits per heavy atom. The lowest BCUT2D eigenvalue weighted by Gasteiger charge is -2.37. The van der Waals surface area contributed by atoms with Crippen molar-refractivity contribution in [3.8, 4) is 0 Å². The number of aromatic nitrogens is 1. The molecule has 0 saturated carbocycles. The second-order valence-corrected chi connectivity index (χ2v) is 5.92. The molecule has 1 aliphatic rings. The summed E-state index contributed by atoms with van der Waals surface area (Å²) < 4.78 is 22.9. The molecule has 1 aliphatic heterocycles. The highest BCUT2D eigenvalue weighted by molar-refractivity contribution is 5.92. The first-order chi connectivity index (χ1) is 12.7. The maximum atomic E-state index is 11.6. The Labute approximate surface area is 155 Å². The summed E-state index contributed by atoms with van der Waals surface area (Å²) in [4.78, 5) is 46.0. The topological polar surface area (TPSA) is 135 Å². The zero-order valence-corrected chi connectivity index (χ0v) is 15.1. The molecule has 1 fully saturated rings. The molecule has 0 radical (unpaired) electrons. The van der Waals surface area contributed by atoms with Crippen LogP contribution in [-0.2, 0) is 33.3 Å². The predicted octanol–water partition coefficient (Wildman–Crippen LogP) is -0.603. The molecular formula is C17H21N2O8+. The van der Waals surface area contributed by atoms with E-state index in [-0.39, 0.29) is 12.2 Å². The van der Waals surface area contributed by atoms with Crippen LogP contribution in [0, 0.1) is 0 Å². The number of ether oxygens (including phenoxy) is 4. The first-order valence-electron chi connectivity index (χ1n) is 8.13. The van der Waals surface area contributed by atoms with Crippen LogP contribution in [0.4, 0.5) is 0 Å². The van der Waals surface area contributed by atoms with E-state index < -0.39 is 48.4 Å². The van der Waals surface area contributed by atoms with Gasteiger partial charge in [-0.1, -0.05) is 0 Å². The Balaban J connectivity index is 2.42. The van der Waals surface area contributed by atoms with Gasteiger partial charge in [0.15, 0.2) is 24.6 Å². The fraction of sp³-hybridized carbons (Fsp3) is 0.471. The van der Waals surface area contributed by atoms with Crippen molar-refractivity contribution in [2.75, 3.05) is 6.61 Å². The summed E-state index contributed by atoms with van der Waals surface area (Å²) in [6.45, 7) is 3.44. The van der Waals surface area contributed by atoms with E-state index in [1.54, 1.807) is 12.3 Å². The van der Waals surface area contributed by atoms with Gasteiger partial charge in [0, 0.05) is 26.8 Å². The molecule has 146 valence electrons. The summed E-state index contributed by atoms with van der Waals surface area (Å²) in [6.07, 6.45) is -1.14. The monoisotopic (exact) mass is 381 g/mol. The van der Waals surface area contributed by atoms with Gasteiger partial charge in [-0.25, -0.2) is 0 Å². The van der Waals surface area contributed by atoms with Gasteiger partial charge in [0.05, 0.1) is 6.61 Å². The van der Waals surface area contributed by atoms with Gasteiger partial charge in [-0.05, 0) is 6.07 Å². The average molecular weight is 381 g/mol. The molecule has 1 amide bonds. The molecule has 2 rings (SSSR count). The largest absolute Gasteiger partial charge is 0.456 e. The number of nitrogens with two attached hydrogens (primary N) is 1. The van der Waals surface area contributed by atoms with Gasteiger partial charge in [0.1, 0.15) is 5.56 Å². The molecule has 1 saturated heterocycles. The lowest BCUT2D eigenvalue weighted by atomic mass is 10.0. The minimum Gasteiger partial charge on any atom is -0.456 e. The predicted molar refractivity (Wildman–Crippen MR) is 86.8 cm³/mol. The lowest BCUT2D eigenvalue weighted by Crippen LogP contribution is -2.61. The summed E-state index contributed by atoms with van der Waals surface area (Å²) in [5.74, 6) is -2.56. The fourth-order valence-electron chi connectivity index (χ4n) is 2.78. The molecular weight excluding hydrogens is 360 g/mol. The van der Waals surface area contributed by atoms with E-state index in [4.69, 9.17) is 24.7 Å². The molecule has 0 bridgehead atoms. The molecule has 1 aromatic heterocycles. The molecule has 0 unspecified atom stereocenters. The van der Waals surface area contributed by atoms with Crippen LogP contribution in [0.1, 0.15) is 37.4 Å². The number of hydrogen-bond acceptors (Lipinski definition) is 8. The van der Waals surface area contributed by atoms with Gasteiger partial charge < -0.3 is 24.7 Å². The van der Waals surface area contributed by atoms with Gasteiger partial charge in [0.25, 0.3) is 5.91 Å². The van der Waals surface area contributed by atoms with Crippen LogP contribution in [0.2, 0.25) is 0 Å². The Morgan fingerprint density at radius 1 is 1.04 bits per heavy atom. The minimum absolute atomic E-state index is 0.117. The lowest BCUT2D eigenvalue weighted by molar-refractivity contribution is -0.774. The zero-order valence-electron chi connectivity index (χ0n) is 15.1. The second kappa shape index (κ2) is 8.58. The molecule has 0 aromatic carbocycles. The van der Waals surface area contributed by atoms with Crippen molar-refractivity contribution < 1.29 is 42.7 Å². The first-order valence-corrected chi connectivity index (χ1v) is 8.13. The maximum absolute atomic E-state index is 11.6. The summed E-state index contributed by atoms with van der Waals surface area (Å²) in [7, 11) is 0. The third-order valence-corrected chi connectivity index (χ3v) is 3.72. The number of hydrogen-bond donors (Lipinski definition) is 1. The minimum atomic E-state index is -1.13. The Morgan fingerprint density at radius 3 is 2.19 bits per heavy atom. The summed E-state index contributed by atoms with van der Waals surface area (Å²) in [6, 6.07) is 3.07. The Kier molecular flexibility index (Phi) is 6.45. The molecule has 0 spiro atoms. The van der Waals surface area contributed by atoms with Crippen molar-refractivity contribution in [3.05, 3.63) is 30.1 Å². The fourth-order valence-corrected chi connectivity index (χ4v) is 2.78. The van der Waals surface area contributed by atoms with E-state index in [0.717, 1.165) is 0 Å². The van der Waals surface area contributed by atoms with Crippen molar-refractivity contribution in [1.82, 2.24) is 0 Å².